The van der Waals surface area contributed by atoms with Crippen LogP contribution in [0.3, 0.4) is 0 Å². The Balaban J connectivity index is 1.37. The highest BCUT2D eigenvalue weighted by molar-refractivity contribution is 5.61. The molecule has 1 saturated heterocycles. The molecule has 2 unspecified atom stereocenters. The van der Waals surface area contributed by atoms with Gasteiger partial charge in [0.05, 0.1) is 25.5 Å². The number of hydrogen-bond acceptors (Lipinski definition) is 3. The van der Waals surface area contributed by atoms with Crippen LogP contribution in [0.5, 0.6) is 5.75 Å². The minimum absolute atomic E-state index is 0.0989. The highest BCUT2D eigenvalue weighted by Crippen LogP contribution is 2.41. The summed E-state index contributed by atoms with van der Waals surface area (Å²) in [6.07, 6.45) is 10.7. The lowest BCUT2D eigenvalue weighted by atomic mass is 9.72. The fraction of sp³-hybridized carbons (Fsp3) is 0.560. The Morgan fingerprint density at radius 2 is 1.73 bits per heavy atom. The number of hydrogen-bond donors (Lipinski definition) is 0. The van der Waals surface area contributed by atoms with Crippen molar-refractivity contribution in [1.29, 1.82) is 0 Å². The van der Waals surface area contributed by atoms with E-state index in [-0.39, 0.29) is 11.3 Å². The molecule has 0 N–H and O–H groups in total. The van der Waals surface area contributed by atoms with Crippen molar-refractivity contribution in [3.8, 4) is 17.0 Å². The van der Waals surface area contributed by atoms with Crippen LogP contribution in [0.1, 0.15) is 63.4 Å². The third kappa shape index (κ3) is 4.36. The maximum absolute atomic E-state index is 14.4. The summed E-state index contributed by atoms with van der Waals surface area (Å²) in [5, 5.41) is 0. The lowest BCUT2D eigenvalue weighted by Crippen LogP contribution is -2.32. The first kappa shape index (κ1) is 21.2. The summed E-state index contributed by atoms with van der Waals surface area (Å²) in [7, 11) is 1.32. The van der Waals surface area contributed by atoms with Crippen LogP contribution >= 0.6 is 0 Å². The first-order valence-electron chi connectivity index (χ1n) is 11.2. The molecular formula is C25H31F2NO2. The summed E-state index contributed by atoms with van der Waals surface area (Å²) in [6, 6.07) is 6.76. The van der Waals surface area contributed by atoms with E-state index >= 15 is 0 Å². The van der Waals surface area contributed by atoms with Crippen molar-refractivity contribution >= 4 is 0 Å². The number of aromatic nitrogens is 1. The third-order valence-corrected chi connectivity index (χ3v) is 7.10. The zero-order valence-corrected chi connectivity index (χ0v) is 17.9. The maximum Gasteiger partial charge on any atom is 0.201 e. The van der Waals surface area contributed by atoms with Crippen LogP contribution in [-0.2, 0) is 4.74 Å². The summed E-state index contributed by atoms with van der Waals surface area (Å²) < 4.78 is 39.2. The van der Waals surface area contributed by atoms with E-state index in [1.165, 1.54) is 50.5 Å². The lowest BCUT2D eigenvalue weighted by molar-refractivity contribution is -0.0385. The summed E-state index contributed by atoms with van der Waals surface area (Å²) in [4.78, 5) is 4.44. The van der Waals surface area contributed by atoms with Gasteiger partial charge in [0.25, 0.3) is 0 Å². The van der Waals surface area contributed by atoms with Gasteiger partial charge in [-0.05, 0) is 86.5 Å². The fourth-order valence-electron chi connectivity index (χ4n) is 5.14. The number of methoxy groups -OCH3 is 1. The SMILES string of the molecule is CCC1CCC(C2CCC(c3ccc(-c4ccc(OC)c(F)c4F)nc3)CC2)CO1. The van der Waals surface area contributed by atoms with E-state index in [1.807, 2.05) is 12.3 Å². The van der Waals surface area contributed by atoms with Gasteiger partial charge in [0.15, 0.2) is 11.6 Å². The van der Waals surface area contributed by atoms with Gasteiger partial charge >= 0.3 is 0 Å². The van der Waals surface area contributed by atoms with Gasteiger partial charge in [0.1, 0.15) is 0 Å². The summed E-state index contributed by atoms with van der Waals surface area (Å²) in [5.41, 5.74) is 1.79. The Morgan fingerprint density at radius 1 is 0.967 bits per heavy atom. The third-order valence-electron chi connectivity index (χ3n) is 7.10. The number of halogens is 2. The molecule has 1 aromatic carbocycles. The van der Waals surface area contributed by atoms with Crippen molar-refractivity contribution in [2.75, 3.05) is 13.7 Å². The quantitative estimate of drug-likeness (QED) is 0.557. The molecule has 2 heterocycles. The van der Waals surface area contributed by atoms with Gasteiger partial charge in [-0.15, -0.1) is 0 Å². The molecule has 2 fully saturated rings. The monoisotopic (exact) mass is 415 g/mol. The zero-order chi connectivity index (χ0) is 21.1. The smallest absolute Gasteiger partial charge is 0.201 e. The van der Waals surface area contributed by atoms with Gasteiger partial charge in [-0.3, -0.25) is 4.98 Å². The van der Waals surface area contributed by atoms with Gasteiger partial charge in [-0.2, -0.15) is 4.39 Å². The van der Waals surface area contributed by atoms with Crippen molar-refractivity contribution < 1.29 is 18.3 Å². The summed E-state index contributed by atoms with van der Waals surface area (Å²) >= 11 is 0. The van der Waals surface area contributed by atoms with E-state index in [9.17, 15) is 8.78 Å². The lowest BCUT2D eigenvalue weighted by Gasteiger charge is -2.37. The molecular weight excluding hydrogens is 384 g/mol. The van der Waals surface area contributed by atoms with Gasteiger partial charge in [-0.25, -0.2) is 4.39 Å². The molecule has 1 saturated carbocycles. The van der Waals surface area contributed by atoms with Crippen LogP contribution < -0.4 is 4.74 Å². The molecule has 4 rings (SSSR count). The highest BCUT2D eigenvalue weighted by Gasteiger charge is 2.31. The van der Waals surface area contributed by atoms with Crippen LogP contribution in [0.4, 0.5) is 8.78 Å². The van der Waals surface area contributed by atoms with Gasteiger partial charge in [-0.1, -0.05) is 13.0 Å². The molecule has 0 amide bonds. The minimum atomic E-state index is -0.976. The largest absolute Gasteiger partial charge is 0.494 e. The minimum Gasteiger partial charge on any atom is -0.494 e. The summed E-state index contributed by atoms with van der Waals surface area (Å²) in [6.45, 7) is 3.13. The number of benzene rings is 1. The first-order chi connectivity index (χ1) is 14.6. The number of nitrogens with zero attached hydrogens (tertiary/aromatic N) is 1. The van der Waals surface area contributed by atoms with Crippen LogP contribution in [0, 0.1) is 23.5 Å². The van der Waals surface area contributed by atoms with Crippen molar-refractivity contribution in [3.05, 3.63) is 47.7 Å². The predicted molar refractivity (Wildman–Crippen MR) is 114 cm³/mol. The van der Waals surface area contributed by atoms with Crippen LogP contribution in [0.2, 0.25) is 0 Å². The number of ether oxygens (including phenoxy) is 2. The molecule has 1 aliphatic heterocycles. The topological polar surface area (TPSA) is 31.4 Å². The second kappa shape index (κ2) is 9.42. The van der Waals surface area contributed by atoms with Crippen molar-refractivity contribution in [3.63, 3.8) is 0 Å². The number of pyridine rings is 1. The number of rotatable bonds is 5. The van der Waals surface area contributed by atoms with Crippen molar-refractivity contribution in [2.24, 2.45) is 11.8 Å². The van der Waals surface area contributed by atoms with E-state index < -0.39 is 11.6 Å². The van der Waals surface area contributed by atoms with Gasteiger partial charge in [0.2, 0.25) is 5.82 Å². The molecule has 5 heteroatoms. The zero-order valence-electron chi connectivity index (χ0n) is 17.9. The average molecular weight is 416 g/mol. The van der Waals surface area contributed by atoms with Crippen molar-refractivity contribution in [2.45, 2.75) is 63.9 Å². The molecule has 1 aromatic heterocycles. The Bertz CT molecular complexity index is 839. The predicted octanol–water partition coefficient (Wildman–Crippen LogP) is 6.51. The second-order valence-corrected chi connectivity index (χ2v) is 8.73. The summed E-state index contributed by atoms with van der Waals surface area (Å²) in [5.74, 6) is -0.0255. The molecule has 3 nitrogen and oxygen atoms in total. The van der Waals surface area contributed by atoms with E-state index in [2.05, 4.69) is 11.9 Å². The maximum atomic E-state index is 14.4. The Labute approximate surface area is 177 Å². The Hall–Kier alpha value is -2.01. The molecule has 2 atom stereocenters. The molecule has 0 radical (unpaired) electrons. The van der Waals surface area contributed by atoms with E-state index in [0.717, 1.165) is 31.8 Å². The Morgan fingerprint density at radius 3 is 2.33 bits per heavy atom. The molecule has 162 valence electrons. The average Bonchev–Trinajstić information content (AvgIpc) is 2.81. The van der Waals surface area contributed by atoms with E-state index in [1.54, 1.807) is 6.07 Å². The fourth-order valence-corrected chi connectivity index (χ4v) is 5.14. The van der Waals surface area contributed by atoms with Crippen molar-refractivity contribution in [1.82, 2.24) is 4.98 Å². The second-order valence-electron chi connectivity index (χ2n) is 8.73. The molecule has 2 aromatic rings. The first-order valence-corrected chi connectivity index (χ1v) is 11.2. The van der Waals surface area contributed by atoms with E-state index in [0.29, 0.717) is 23.6 Å². The van der Waals surface area contributed by atoms with Crippen LogP contribution in [-0.4, -0.2) is 24.8 Å². The molecule has 0 spiro atoms. The highest BCUT2D eigenvalue weighted by atomic mass is 19.2. The normalized spacial score (nSPS) is 27.1. The molecule has 30 heavy (non-hydrogen) atoms. The Kier molecular flexibility index (Phi) is 6.67. The van der Waals surface area contributed by atoms with E-state index in [4.69, 9.17) is 9.47 Å². The molecule has 2 aliphatic rings. The van der Waals surface area contributed by atoms with Gasteiger partial charge < -0.3 is 9.47 Å². The van der Waals surface area contributed by atoms with Gasteiger partial charge in [0, 0.05) is 11.8 Å². The molecule has 0 bridgehead atoms. The van der Waals surface area contributed by atoms with Crippen LogP contribution in [0.25, 0.3) is 11.3 Å². The van der Waals surface area contributed by atoms with Crippen LogP contribution in [0.15, 0.2) is 30.5 Å². The molecule has 1 aliphatic carbocycles. The standard InChI is InChI=1S/C25H31F2NO2/c1-3-20-10-8-19(15-30-20)17-6-4-16(5-7-17)18-9-12-22(28-14-18)21-11-13-23(29-2)25(27)24(21)26/h9,11-14,16-17,19-20H,3-8,10,15H2,1-2H3.